The lowest BCUT2D eigenvalue weighted by Crippen LogP contribution is -2.19. The number of methoxy groups -OCH3 is 1. The SMILES string of the molecule is COc1ccc(-c2cncc(C(=O)NN=Cc3cccc(OC(C)C)c3)n2)cc1. The van der Waals surface area contributed by atoms with E-state index in [1.807, 2.05) is 62.4 Å². The molecular formula is C22H22N4O3. The number of amides is 1. The van der Waals surface area contributed by atoms with Crippen molar-refractivity contribution in [1.82, 2.24) is 15.4 Å². The maximum atomic E-state index is 12.4. The zero-order chi connectivity index (χ0) is 20.6. The molecule has 7 nitrogen and oxygen atoms in total. The topological polar surface area (TPSA) is 85.7 Å². The van der Waals surface area contributed by atoms with Crippen LogP contribution in [0.4, 0.5) is 0 Å². The second kappa shape index (κ2) is 9.45. The van der Waals surface area contributed by atoms with Gasteiger partial charge in [-0.15, -0.1) is 0 Å². The standard InChI is InChI=1S/C22H22N4O3/c1-15(2)29-19-6-4-5-16(11-19)12-24-26-22(27)21-14-23-13-20(25-21)17-7-9-18(28-3)10-8-17/h4-15H,1-3H3,(H,26,27). The van der Waals surface area contributed by atoms with Crippen LogP contribution in [-0.4, -0.2) is 35.3 Å². The predicted octanol–water partition coefficient (Wildman–Crippen LogP) is 3.70. The Hall–Kier alpha value is -3.74. The summed E-state index contributed by atoms with van der Waals surface area (Å²) in [6.07, 6.45) is 4.63. The number of hydrogen-bond donors (Lipinski definition) is 1. The van der Waals surface area contributed by atoms with Gasteiger partial charge in [-0.25, -0.2) is 10.4 Å². The van der Waals surface area contributed by atoms with E-state index < -0.39 is 5.91 Å². The first-order valence-electron chi connectivity index (χ1n) is 9.12. The largest absolute Gasteiger partial charge is 0.497 e. The molecule has 0 spiro atoms. The number of carbonyl (C=O) groups is 1. The third-order valence-electron chi connectivity index (χ3n) is 3.86. The van der Waals surface area contributed by atoms with Crippen molar-refractivity contribution < 1.29 is 14.3 Å². The molecule has 1 heterocycles. The van der Waals surface area contributed by atoms with Crippen molar-refractivity contribution in [3.05, 3.63) is 72.2 Å². The highest BCUT2D eigenvalue weighted by Crippen LogP contribution is 2.20. The van der Waals surface area contributed by atoms with E-state index in [-0.39, 0.29) is 11.8 Å². The molecule has 1 aromatic heterocycles. The van der Waals surface area contributed by atoms with Crippen LogP contribution < -0.4 is 14.9 Å². The van der Waals surface area contributed by atoms with Crippen LogP contribution in [0.25, 0.3) is 11.3 Å². The molecular weight excluding hydrogens is 368 g/mol. The van der Waals surface area contributed by atoms with Gasteiger partial charge in [0.1, 0.15) is 17.2 Å². The van der Waals surface area contributed by atoms with E-state index in [0.29, 0.717) is 5.69 Å². The van der Waals surface area contributed by atoms with Gasteiger partial charge in [0.25, 0.3) is 5.91 Å². The van der Waals surface area contributed by atoms with Crippen molar-refractivity contribution in [2.24, 2.45) is 5.10 Å². The molecule has 0 fully saturated rings. The van der Waals surface area contributed by atoms with Gasteiger partial charge in [-0.05, 0) is 55.8 Å². The normalized spacial score (nSPS) is 10.9. The molecule has 29 heavy (non-hydrogen) atoms. The summed E-state index contributed by atoms with van der Waals surface area (Å²) < 4.78 is 10.8. The fourth-order valence-electron chi connectivity index (χ4n) is 2.54. The first-order chi connectivity index (χ1) is 14.0. The fraction of sp³-hybridized carbons (Fsp3) is 0.182. The molecule has 0 atom stereocenters. The number of carbonyl (C=O) groups excluding carboxylic acids is 1. The van der Waals surface area contributed by atoms with E-state index in [4.69, 9.17) is 9.47 Å². The molecule has 7 heteroatoms. The lowest BCUT2D eigenvalue weighted by atomic mass is 10.1. The quantitative estimate of drug-likeness (QED) is 0.491. The van der Waals surface area contributed by atoms with Gasteiger partial charge in [-0.3, -0.25) is 9.78 Å². The number of hydrazone groups is 1. The van der Waals surface area contributed by atoms with Gasteiger partial charge in [-0.1, -0.05) is 12.1 Å². The lowest BCUT2D eigenvalue weighted by Gasteiger charge is -2.09. The summed E-state index contributed by atoms with van der Waals surface area (Å²) in [6.45, 7) is 3.92. The zero-order valence-corrected chi connectivity index (χ0v) is 16.5. The Balaban J connectivity index is 1.67. The molecule has 0 aliphatic heterocycles. The summed E-state index contributed by atoms with van der Waals surface area (Å²) in [5, 5.41) is 4.00. The van der Waals surface area contributed by atoms with E-state index in [2.05, 4.69) is 20.5 Å². The molecule has 0 aliphatic rings. The van der Waals surface area contributed by atoms with Gasteiger partial charge < -0.3 is 9.47 Å². The lowest BCUT2D eigenvalue weighted by molar-refractivity contribution is 0.0950. The predicted molar refractivity (Wildman–Crippen MR) is 111 cm³/mol. The summed E-state index contributed by atoms with van der Waals surface area (Å²) in [4.78, 5) is 20.8. The number of rotatable bonds is 7. The second-order valence-corrected chi connectivity index (χ2v) is 6.46. The molecule has 3 aromatic rings. The molecule has 0 saturated carbocycles. The molecule has 0 aliphatic carbocycles. The molecule has 1 amide bonds. The Kier molecular flexibility index (Phi) is 6.52. The molecule has 1 N–H and O–H groups in total. The number of nitrogens with zero attached hydrogens (tertiary/aromatic N) is 3. The van der Waals surface area contributed by atoms with Gasteiger partial charge in [0.2, 0.25) is 0 Å². The van der Waals surface area contributed by atoms with Crippen LogP contribution >= 0.6 is 0 Å². The highest BCUT2D eigenvalue weighted by Gasteiger charge is 2.09. The fourth-order valence-corrected chi connectivity index (χ4v) is 2.54. The van der Waals surface area contributed by atoms with E-state index in [9.17, 15) is 4.79 Å². The minimum Gasteiger partial charge on any atom is -0.497 e. The summed E-state index contributed by atoms with van der Waals surface area (Å²) in [5.74, 6) is 1.04. The Morgan fingerprint density at radius 2 is 1.90 bits per heavy atom. The highest BCUT2D eigenvalue weighted by molar-refractivity contribution is 5.93. The number of hydrogen-bond acceptors (Lipinski definition) is 6. The van der Waals surface area contributed by atoms with E-state index in [1.54, 1.807) is 19.5 Å². The average Bonchev–Trinajstić information content (AvgIpc) is 2.73. The monoisotopic (exact) mass is 390 g/mol. The summed E-state index contributed by atoms with van der Waals surface area (Å²) in [7, 11) is 1.61. The average molecular weight is 390 g/mol. The molecule has 0 saturated heterocycles. The van der Waals surface area contributed by atoms with Crippen molar-refractivity contribution >= 4 is 12.1 Å². The number of nitrogens with one attached hydrogen (secondary N) is 1. The number of ether oxygens (including phenoxy) is 2. The van der Waals surface area contributed by atoms with Crippen LogP contribution in [0.2, 0.25) is 0 Å². The van der Waals surface area contributed by atoms with Gasteiger partial charge in [-0.2, -0.15) is 5.10 Å². The Bertz CT molecular complexity index is 1000. The third kappa shape index (κ3) is 5.62. The molecule has 148 valence electrons. The Labute approximate surface area is 169 Å². The van der Waals surface area contributed by atoms with Gasteiger partial charge >= 0.3 is 0 Å². The third-order valence-corrected chi connectivity index (χ3v) is 3.86. The Morgan fingerprint density at radius 1 is 1.10 bits per heavy atom. The van der Waals surface area contributed by atoms with Crippen molar-refractivity contribution in [2.45, 2.75) is 20.0 Å². The van der Waals surface area contributed by atoms with Crippen molar-refractivity contribution in [2.75, 3.05) is 7.11 Å². The maximum absolute atomic E-state index is 12.4. The second-order valence-electron chi connectivity index (χ2n) is 6.46. The molecule has 2 aromatic carbocycles. The summed E-state index contributed by atoms with van der Waals surface area (Å²) in [5.41, 5.74) is 4.87. The summed E-state index contributed by atoms with van der Waals surface area (Å²) >= 11 is 0. The maximum Gasteiger partial charge on any atom is 0.291 e. The first kappa shape index (κ1) is 20.0. The van der Waals surface area contributed by atoms with Crippen molar-refractivity contribution in [1.29, 1.82) is 0 Å². The van der Waals surface area contributed by atoms with Crippen molar-refractivity contribution in [3.8, 4) is 22.8 Å². The zero-order valence-electron chi connectivity index (χ0n) is 16.5. The molecule has 0 radical (unpaired) electrons. The van der Waals surface area contributed by atoms with Crippen LogP contribution in [0.15, 0.2) is 66.0 Å². The minimum atomic E-state index is -0.446. The molecule has 0 bridgehead atoms. The number of aromatic nitrogens is 2. The van der Waals surface area contributed by atoms with Crippen LogP contribution in [0.1, 0.15) is 29.9 Å². The molecule has 0 unspecified atom stereocenters. The van der Waals surface area contributed by atoms with Crippen LogP contribution in [0.5, 0.6) is 11.5 Å². The van der Waals surface area contributed by atoms with E-state index in [0.717, 1.165) is 22.6 Å². The van der Waals surface area contributed by atoms with E-state index >= 15 is 0 Å². The highest BCUT2D eigenvalue weighted by atomic mass is 16.5. The number of benzene rings is 2. The Morgan fingerprint density at radius 3 is 2.62 bits per heavy atom. The van der Waals surface area contributed by atoms with Crippen LogP contribution in [-0.2, 0) is 0 Å². The van der Waals surface area contributed by atoms with E-state index in [1.165, 1.54) is 6.20 Å². The smallest absolute Gasteiger partial charge is 0.291 e. The summed E-state index contributed by atoms with van der Waals surface area (Å²) in [6, 6.07) is 14.8. The minimum absolute atomic E-state index is 0.0819. The van der Waals surface area contributed by atoms with Gasteiger partial charge in [0, 0.05) is 5.56 Å². The molecule has 3 rings (SSSR count). The van der Waals surface area contributed by atoms with Crippen LogP contribution in [0.3, 0.4) is 0 Å². The van der Waals surface area contributed by atoms with Crippen LogP contribution in [0, 0.1) is 0 Å². The van der Waals surface area contributed by atoms with Gasteiger partial charge in [0.15, 0.2) is 0 Å². The van der Waals surface area contributed by atoms with Gasteiger partial charge in [0.05, 0.1) is 37.5 Å². The van der Waals surface area contributed by atoms with Crippen molar-refractivity contribution in [3.63, 3.8) is 0 Å². The first-order valence-corrected chi connectivity index (χ1v) is 9.12.